The summed E-state index contributed by atoms with van der Waals surface area (Å²) in [5.74, 6) is 0. The van der Waals surface area contributed by atoms with Gasteiger partial charge in [0.1, 0.15) is 0 Å². The smallest absolute Gasteiger partial charge is 0.261 e. The number of rotatable bonds is 3. The summed E-state index contributed by atoms with van der Waals surface area (Å²) in [6.07, 6.45) is 0. The van der Waals surface area contributed by atoms with Crippen LogP contribution in [-0.2, 0) is 10.0 Å². The van der Waals surface area contributed by atoms with Gasteiger partial charge in [0.15, 0.2) is 0 Å². The van der Waals surface area contributed by atoms with E-state index in [1.807, 2.05) is 6.92 Å². The van der Waals surface area contributed by atoms with Crippen LogP contribution in [0.2, 0.25) is 15.1 Å². The molecule has 0 atom stereocenters. The van der Waals surface area contributed by atoms with Crippen LogP contribution in [-0.4, -0.2) is 8.42 Å². The van der Waals surface area contributed by atoms with E-state index in [9.17, 15) is 8.42 Å². The lowest BCUT2D eigenvalue weighted by Crippen LogP contribution is -2.13. The zero-order valence-electron chi connectivity index (χ0n) is 10.3. The van der Waals surface area contributed by atoms with Gasteiger partial charge in [-0.3, -0.25) is 4.72 Å². The summed E-state index contributed by atoms with van der Waals surface area (Å²) in [6, 6.07) is 9.22. The minimum Gasteiger partial charge on any atom is -0.278 e. The molecule has 0 saturated carbocycles. The van der Waals surface area contributed by atoms with Crippen LogP contribution in [0.25, 0.3) is 0 Å². The quantitative estimate of drug-likeness (QED) is 0.811. The monoisotopic (exact) mass is 349 g/mol. The third-order valence-corrected chi connectivity index (χ3v) is 5.00. The fourth-order valence-corrected chi connectivity index (χ4v) is 3.24. The summed E-state index contributed by atoms with van der Waals surface area (Å²) in [5.41, 5.74) is 1.15. The highest BCUT2D eigenvalue weighted by Gasteiger charge is 2.16. The van der Waals surface area contributed by atoms with Gasteiger partial charge in [0.25, 0.3) is 10.0 Å². The maximum Gasteiger partial charge on any atom is 0.261 e. The molecule has 0 aromatic heterocycles. The second kappa shape index (κ2) is 5.82. The topological polar surface area (TPSA) is 46.2 Å². The van der Waals surface area contributed by atoms with E-state index in [2.05, 4.69) is 4.72 Å². The predicted octanol–water partition coefficient (Wildman–Crippen LogP) is 4.76. The Morgan fingerprint density at radius 3 is 2.05 bits per heavy atom. The molecule has 0 amide bonds. The minimum atomic E-state index is -3.72. The molecule has 2 rings (SSSR count). The highest BCUT2D eigenvalue weighted by atomic mass is 35.5. The third kappa shape index (κ3) is 3.38. The first-order chi connectivity index (χ1) is 9.29. The molecule has 0 heterocycles. The molecule has 106 valence electrons. The van der Waals surface area contributed by atoms with Crippen molar-refractivity contribution in [1.29, 1.82) is 0 Å². The van der Waals surface area contributed by atoms with Crippen LogP contribution in [0, 0.1) is 6.92 Å². The van der Waals surface area contributed by atoms with Crippen molar-refractivity contribution in [2.24, 2.45) is 0 Å². The zero-order valence-corrected chi connectivity index (χ0v) is 13.4. The first kappa shape index (κ1) is 15.4. The Kier molecular flexibility index (Phi) is 4.49. The molecule has 1 N–H and O–H groups in total. The first-order valence-corrected chi connectivity index (χ1v) is 8.15. The fraction of sp³-hybridized carbons (Fsp3) is 0.0769. The Labute approximate surface area is 132 Å². The van der Waals surface area contributed by atoms with E-state index < -0.39 is 10.0 Å². The van der Waals surface area contributed by atoms with Crippen LogP contribution in [0.1, 0.15) is 5.56 Å². The maximum atomic E-state index is 12.2. The molecular formula is C13H10Cl3NO2S. The fourth-order valence-electron chi connectivity index (χ4n) is 1.52. The van der Waals surface area contributed by atoms with E-state index in [1.165, 1.54) is 24.3 Å². The Bertz CT molecular complexity index is 743. The van der Waals surface area contributed by atoms with Crippen molar-refractivity contribution in [2.75, 3.05) is 4.72 Å². The molecule has 0 aliphatic carbocycles. The zero-order chi connectivity index (χ0) is 14.9. The van der Waals surface area contributed by atoms with Crippen LogP contribution in [0.4, 0.5) is 5.69 Å². The molecule has 0 aliphatic heterocycles. The van der Waals surface area contributed by atoms with Crippen molar-refractivity contribution >= 4 is 50.5 Å². The Morgan fingerprint density at radius 2 is 1.45 bits per heavy atom. The summed E-state index contributed by atoms with van der Waals surface area (Å²) >= 11 is 17.6. The van der Waals surface area contributed by atoms with Gasteiger partial charge in [0.2, 0.25) is 0 Å². The first-order valence-electron chi connectivity index (χ1n) is 5.53. The molecule has 0 unspecified atom stereocenters. The van der Waals surface area contributed by atoms with Crippen LogP contribution in [0.15, 0.2) is 41.3 Å². The van der Waals surface area contributed by atoms with Gasteiger partial charge in [-0.15, -0.1) is 0 Å². The molecule has 7 heteroatoms. The van der Waals surface area contributed by atoms with Crippen LogP contribution in [0.3, 0.4) is 0 Å². The number of hydrogen-bond donors (Lipinski definition) is 1. The molecule has 0 fully saturated rings. The minimum absolute atomic E-state index is 0.144. The molecule has 0 radical (unpaired) electrons. The van der Waals surface area contributed by atoms with E-state index >= 15 is 0 Å². The van der Waals surface area contributed by atoms with Crippen molar-refractivity contribution in [3.63, 3.8) is 0 Å². The van der Waals surface area contributed by atoms with Crippen molar-refractivity contribution in [3.8, 4) is 0 Å². The second-order valence-electron chi connectivity index (χ2n) is 4.16. The van der Waals surface area contributed by atoms with Crippen molar-refractivity contribution in [3.05, 3.63) is 57.0 Å². The van der Waals surface area contributed by atoms with Gasteiger partial charge in [0.05, 0.1) is 25.7 Å². The molecule has 0 bridgehead atoms. The summed E-state index contributed by atoms with van der Waals surface area (Å²) in [5, 5.41) is 0.655. The Balaban J connectivity index is 2.38. The van der Waals surface area contributed by atoms with Gasteiger partial charge in [-0.2, -0.15) is 0 Å². The van der Waals surface area contributed by atoms with Crippen LogP contribution >= 0.6 is 34.8 Å². The van der Waals surface area contributed by atoms with Gasteiger partial charge in [-0.05, 0) is 31.2 Å². The number of sulfonamides is 1. The summed E-state index contributed by atoms with van der Waals surface area (Å²) in [4.78, 5) is 0.144. The van der Waals surface area contributed by atoms with Crippen LogP contribution < -0.4 is 4.72 Å². The number of hydrogen-bond acceptors (Lipinski definition) is 2. The molecule has 0 saturated heterocycles. The molecule has 0 spiro atoms. The number of anilines is 1. The normalized spacial score (nSPS) is 11.4. The van der Waals surface area contributed by atoms with Crippen molar-refractivity contribution in [1.82, 2.24) is 0 Å². The number of halogens is 3. The van der Waals surface area contributed by atoms with E-state index in [-0.39, 0.29) is 25.7 Å². The third-order valence-electron chi connectivity index (χ3n) is 2.59. The van der Waals surface area contributed by atoms with Gasteiger partial charge in [-0.25, -0.2) is 8.42 Å². The molecule has 3 nitrogen and oxygen atoms in total. The maximum absolute atomic E-state index is 12.2. The standard InChI is InChI=1S/C13H10Cl3NO2S/c1-8-2-4-9(5-3-8)20(18,19)17-13-7-11(15)10(14)6-12(13)16/h2-7,17H,1H3. The van der Waals surface area contributed by atoms with Crippen LogP contribution in [0.5, 0.6) is 0 Å². The lowest BCUT2D eigenvalue weighted by molar-refractivity contribution is 0.601. The highest BCUT2D eigenvalue weighted by Crippen LogP contribution is 2.33. The number of aryl methyl sites for hydroxylation is 1. The summed E-state index contributed by atoms with van der Waals surface area (Å²) in [6.45, 7) is 1.87. The SMILES string of the molecule is Cc1ccc(S(=O)(=O)Nc2cc(Cl)c(Cl)cc2Cl)cc1. The van der Waals surface area contributed by atoms with E-state index in [0.717, 1.165) is 5.56 Å². The Hall–Kier alpha value is -0.940. The average molecular weight is 351 g/mol. The van der Waals surface area contributed by atoms with Gasteiger partial charge < -0.3 is 0 Å². The number of benzene rings is 2. The lowest BCUT2D eigenvalue weighted by atomic mass is 10.2. The molecular weight excluding hydrogens is 341 g/mol. The summed E-state index contributed by atoms with van der Waals surface area (Å²) < 4.78 is 26.8. The molecule has 2 aromatic carbocycles. The summed E-state index contributed by atoms with van der Waals surface area (Å²) in [7, 11) is -3.72. The van der Waals surface area contributed by atoms with Crippen molar-refractivity contribution < 1.29 is 8.42 Å². The number of nitrogens with one attached hydrogen (secondary N) is 1. The highest BCUT2D eigenvalue weighted by molar-refractivity contribution is 7.92. The van der Waals surface area contributed by atoms with Gasteiger partial charge >= 0.3 is 0 Å². The van der Waals surface area contributed by atoms with E-state index in [4.69, 9.17) is 34.8 Å². The lowest BCUT2D eigenvalue weighted by Gasteiger charge is -2.11. The molecule has 20 heavy (non-hydrogen) atoms. The van der Waals surface area contributed by atoms with E-state index in [0.29, 0.717) is 0 Å². The van der Waals surface area contributed by atoms with Gasteiger partial charge in [-0.1, -0.05) is 52.5 Å². The van der Waals surface area contributed by atoms with Crippen molar-refractivity contribution in [2.45, 2.75) is 11.8 Å². The van der Waals surface area contributed by atoms with Gasteiger partial charge in [0, 0.05) is 0 Å². The molecule has 2 aromatic rings. The molecule has 0 aliphatic rings. The Morgan fingerprint density at radius 1 is 0.900 bits per heavy atom. The largest absolute Gasteiger partial charge is 0.278 e. The van der Waals surface area contributed by atoms with E-state index in [1.54, 1.807) is 12.1 Å². The average Bonchev–Trinajstić information content (AvgIpc) is 2.36. The second-order valence-corrected chi connectivity index (χ2v) is 7.07. The predicted molar refractivity (Wildman–Crippen MR) is 83.5 cm³/mol.